The highest BCUT2D eigenvalue weighted by molar-refractivity contribution is 7.99. The van der Waals surface area contributed by atoms with Gasteiger partial charge < -0.3 is 9.73 Å². The van der Waals surface area contributed by atoms with Crippen molar-refractivity contribution in [3.05, 3.63) is 93.3 Å². The second-order valence-electron chi connectivity index (χ2n) is 8.27. The molecule has 35 heavy (non-hydrogen) atoms. The zero-order valence-corrected chi connectivity index (χ0v) is 21.1. The minimum absolute atomic E-state index is 0.119. The molecule has 0 atom stereocenters. The normalized spacial score (nSPS) is 11.2. The Labute approximate surface area is 210 Å². The number of hydrogen-bond acceptors (Lipinski definition) is 6. The number of hydrogen-bond donors (Lipinski definition) is 1. The maximum atomic E-state index is 13.8. The maximum Gasteiger partial charge on any atom is 0.268 e. The molecule has 2 aromatic carbocycles. The van der Waals surface area contributed by atoms with Gasteiger partial charge in [0.2, 0.25) is 5.91 Å². The largest absolute Gasteiger partial charge is 0.461 e. The molecule has 0 unspecified atom stereocenters. The van der Waals surface area contributed by atoms with Gasteiger partial charge in [0.05, 0.1) is 16.8 Å². The number of nitrogens with zero attached hydrogens (tertiary/aromatic N) is 2. The number of nitrogens with one attached hydrogen (secondary N) is 1. The molecule has 1 N–H and O–H groups in total. The molecule has 0 aliphatic carbocycles. The Morgan fingerprint density at radius 1 is 1.09 bits per heavy atom. The average molecular weight is 502 g/mol. The fraction of sp³-hybridized carbons (Fsp3) is 0.148. The van der Waals surface area contributed by atoms with Crippen molar-refractivity contribution in [2.24, 2.45) is 0 Å². The average Bonchev–Trinajstić information content (AvgIpc) is 3.47. The van der Waals surface area contributed by atoms with Crippen LogP contribution in [0.5, 0.6) is 0 Å². The summed E-state index contributed by atoms with van der Waals surface area (Å²) >= 11 is 2.63. The Balaban J connectivity index is 1.53. The van der Waals surface area contributed by atoms with Gasteiger partial charge in [0.15, 0.2) is 5.16 Å². The number of anilines is 1. The number of aromatic nitrogens is 2. The van der Waals surface area contributed by atoms with E-state index in [0.717, 1.165) is 28.1 Å². The third-order valence-corrected chi connectivity index (χ3v) is 7.41. The molecule has 5 aromatic rings. The number of benzene rings is 2. The lowest BCUT2D eigenvalue weighted by Gasteiger charge is -2.13. The first-order valence-electron chi connectivity index (χ1n) is 11.1. The lowest BCUT2D eigenvalue weighted by Crippen LogP contribution is -2.22. The van der Waals surface area contributed by atoms with Crippen LogP contribution in [0.2, 0.25) is 0 Å². The quantitative estimate of drug-likeness (QED) is 0.216. The number of thioether (sulfide) groups is 1. The highest BCUT2D eigenvalue weighted by Crippen LogP contribution is 2.34. The van der Waals surface area contributed by atoms with E-state index < -0.39 is 0 Å². The topological polar surface area (TPSA) is 77.1 Å². The summed E-state index contributed by atoms with van der Waals surface area (Å²) in [6.45, 7) is 5.82. The number of carbonyl (C=O) groups excluding carboxylic acids is 1. The molecule has 6 nitrogen and oxygen atoms in total. The molecule has 0 saturated heterocycles. The molecule has 0 spiro atoms. The summed E-state index contributed by atoms with van der Waals surface area (Å²) in [5.74, 6) is 1.38. The van der Waals surface area contributed by atoms with Crippen LogP contribution in [-0.2, 0) is 4.79 Å². The summed E-state index contributed by atoms with van der Waals surface area (Å²) in [6, 6.07) is 19.0. The second kappa shape index (κ2) is 9.56. The van der Waals surface area contributed by atoms with E-state index in [1.165, 1.54) is 23.1 Å². The van der Waals surface area contributed by atoms with E-state index in [1.54, 1.807) is 4.57 Å². The lowest BCUT2D eigenvalue weighted by atomic mass is 10.1. The van der Waals surface area contributed by atoms with Crippen LogP contribution in [0.4, 0.5) is 5.69 Å². The zero-order chi connectivity index (χ0) is 24.5. The van der Waals surface area contributed by atoms with Crippen molar-refractivity contribution >= 4 is 44.9 Å². The number of amides is 1. The highest BCUT2D eigenvalue weighted by Gasteiger charge is 2.20. The van der Waals surface area contributed by atoms with Crippen LogP contribution >= 0.6 is 23.1 Å². The molecule has 0 aliphatic heterocycles. The molecular formula is C27H23N3O3S2. The predicted molar refractivity (Wildman–Crippen MR) is 143 cm³/mol. The van der Waals surface area contributed by atoms with Crippen LogP contribution in [0, 0.1) is 20.8 Å². The summed E-state index contributed by atoms with van der Waals surface area (Å²) in [7, 11) is 0. The third kappa shape index (κ3) is 4.67. The molecule has 0 radical (unpaired) electrons. The number of fused-ring (bicyclic) bond motifs is 1. The fourth-order valence-electron chi connectivity index (χ4n) is 3.82. The molecular weight excluding hydrogens is 478 g/mol. The molecule has 176 valence electrons. The van der Waals surface area contributed by atoms with Crippen molar-refractivity contribution in [3.63, 3.8) is 0 Å². The molecule has 0 saturated carbocycles. The minimum atomic E-state index is -0.191. The summed E-state index contributed by atoms with van der Waals surface area (Å²) in [5.41, 5.74) is 4.08. The van der Waals surface area contributed by atoms with E-state index in [9.17, 15) is 9.59 Å². The summed E-state index contributed by atoms with van der Waals surface area (Å²) in [4.78, 5) is 32.0. The van der Waals surface area contributed by atoms with Gasteiger partial charge in [-0.1, -0.05) is 42.1 Å². The minimum Gasteiger partial charge on any atom is -0.461 e. The highest BCUT2D eigenvalue weighted by atomic mass is 32.2. The predicted octanol–water partition coefficient (Wildman–Crippen LogP) is 6.36. The Kier molecular flexibility index (Phi) is 6.32. The molecule has 8 heteroatoms. The SMILES string of the molecule is Cc1ccc(C)c(NC(=O)CSc2nc3scc(-c4ccc(C)o4)c3c(=O)n2-c2ccccc2)c1. The van der Waals surface area contributed by atoms with Crippen molar-refractivity contribution < 1.29 is 9.21 Å². The van der Waals surface area contributed by atoms with Gasteiger partial charge in [-0.3, -0.25) is 14.2 Å². The summed E-state index contributed by atoms with van der Waals surface area (Å²) < 4.78 is 7.37. The number of para-hydroxylation sites is 1. The van der Waals surface area contributed by atoms with Gasteiger partial charge in [-0.05, 0) is 62.2 Å². The van der Waals surface area contributed by atoms with Crippen LogP contribution in [0.25, 0.3) is 27.2 Å². The summed E-state index contributed by atoms with van der Waals surface area (Å²) in [6.07, 6.45) is 0. The van der Waals surface area contributed by atoms with E-state index >= 15 is 0 Å². The zero-order valence-electron chi connectivity index (χ0n) is 19.5. The van der Waals surface area contributed by atoms with E-state index in [2.05, 4.69) is 5.32 Å². The van der Waals surface area contributed by atoms with E-state index in [-0.39, 0.29) is 17.2 Å². The molecule has 0 aliphatic rings. The van der Waals surface area contributed by atoms with Crippen molar-refractivity contribution in [2.75, 3.05) is 11.1 Å². The first-order chi connectivity index (χ1) is 16.9. The Bertz CT molecular complexity index is 1600. The summed E-state index contributed by atoms with van der Waals surface area (Å²) in [5, 5.41) is 5.85. The van der Waals surface area contributed by atoms with Gasteiger partial charge in [0, 0.05) is 16.6 Å². The van der Waals surface area contributed by atoms with Crippen molar-refractivity contribution in [2.45, 2.75) is 25.9 Å². The molecule has 3 heterocycles. The fourth-order valence-corrected chi connectivity index (χ4v) is 5.60. The van der Waals surface area contributed by atoms with Gasteiger partial charge in [0.25, 0.3) is 5.56 Å². The first kappa shape index (κ1) is 23.1. The van der Waals surface area contributed by atoms with Gasteiger partial charge in [-0.25, -0.2) is 4.98 Å². The molecule has 1 amide bonds. The molecule has 3 aromatic heterocycles. The van der Waals surface area contributed by atoms with Gasteiger partial charge >= 0.3 is 0 Å². The molecule has 0 fully saturated rings. The molecule has 5 rings (SSSR count). The van der Waals surface area contributed by atoms with Gasteiger partial charge in [0.1, 0.15) is 16.4 Å². The van der Waals surface area contributed by atoms with Crippen LogP contribution in [0.15, 0.2) is 80.4 Å². The number of aryl methyl sites for hydroxylation is 3. The number of thiophene rings is 1. The van der Waals surface area contributed by atoms with E-state index in [0.29, 0.717) is 26.8 Å². The van der Waals surface area contributed by atoms with Crippen LogP contribution in [0.1, 0.15) is 16.9 Å². The number of furan rings is 1. The smallest absolute Gasteiger partial charge is 0.268 e. The lowest BCUT2D eigenvalue weighted by molar-refractivity contribution is -0.113. The van der Waals surface area contributed by atoms with Crippen molar-refractivity contribution in [1.29, 1.82) is 0 Å². The van der Waals surface area contributed by atoms with E-state index in [4.69, 9.17) is 9.40 Å². The molecule has 0 bridgehead atoms. The van der Waals surface area contributed by atoms with Crippen LogP contribution < -0.4 is 10.9 Å². The standard InChI is InChI=1S/C27H23N3O3S2/c1-16-9-10-17(2)21(13-16)28-23(31)15-35-27-29-25-24(20(14-34-25)22-12-11-18(3)33-22)26(32)30(27)19-7-5-4-6-8-19/h4-14H,15H2,1-3H3,(H,28,31). The van der Waals surface area contributed by atoms with Crippen LogP contribution in [0.3, 0.4) is 0 Å². The Hall–Kier alpha value is -3.62. The van der Waals surface area contributed by atoms with Gasteiger partial charge in [-0.2, -0.15) is 0 Å². The Morgan fingerprint density at radius 2 is 1.89 bits per heavy atom. The maximum absolute atomic E-state index is 13.8. The van der Waals surface area contributed by atoms with Crippen LogP contribution in [-0.4, -0.2) is 21.2 Å². The van der Waals surface area contributed by atoms with Gasteiger partial charge in [-0.15, -0.1) is 11.3 Å². The number of rotatable bonds is 6. The van der Waals surface area contributed by atoms with Crippen molar-refractivity contribution in [3.8, 4) is 17.0 Å². The van der Waals surface area contributed by atoms with E-state index in [1.807, 2.05) is 86.8 Å². The second-order valence-corrected chi connectivity index (χ2v) is 10.1. The third-order valence-electron chi connectivity index (χ3n) is 5.60. The Morgan fingerprint density at radius 3 is 2.63 bits per heavy atom. The first-order valence-corrected chi connectivity index (χ1v) is 12.9. The monoisotopic (exact) mass is 501 g/mol. The van der Waals surface area contributed by atoms with Crippen molar-refractivity contribution in [1.82, 2.24) is 9.55 Å². The number of carbonyl (C=O) groups is 1.